The van der Waals surface area contributed by atoms with Gasteiger partial charge in [-0.2, -0.15) is 0 Å². The molecule has 62 valence electrons. The molecule has 1 rings (SSSR count). The SMILES string of the molecule is C#CCOc1ccc(Cl)c(F)c1. The van der Waals surface area contributed by atoms with Crippen LogP contribution >= 0.6 is 11.6 Å². The Kier molecular flexibility index (Phi) is 2.95. The monoisotopic (exact) mass is 184 g/mol. The first kappa shape index (κ1) is 8.89. The highest BCUT2D eigenvalue weighted by Crippen LogP contribution is 2.19. The molecule has 0 bridgehead atoms. The minimum atomic E-state index is -0.508. The second-order valence-corrected chi connectivity index (χ2v) is 2.48. The van der Waals surface area contributed by atoms with Crippen molar-refractivity contribution >= 4 is 11.6 Å². The van der Waals surface area contributed by atoms with E-state index in [-0.39, 0.29) is 11.6 Å². The van der Waals surface area contributed by atoms with Crippen molar-refractivity contribution in [1.29, 1.82) is 0 Å². The second kappa shape index (κ2) is 3.99. The summed E-state index contributed by atoms with van der Waals surface area (Å²) < 4.78 is 17.7. The van der Waals surface area contributed by atoms with Gasteiger partial charge in [0.2, 0.25) is 0 Å². The number of benzene rings is 1. The number of terminal acetylenes is 1. The predicted molar refractivity (Wildman–Crippen MR) is 45.7 cm³/mol. The van der Waals surface area contributed by atoms with E-state index in [0.717, 1.165) is 0 Å². The van der Waals surface area contributed by atoms with Gasteiger partial charge >= 0.3 is 0 Å². The average Bonchev–Trinajstić information content (AvgIpc) is 2.07. The van der Waals surface area contributed by atoms with E-state index in [1.54, 1.807) is 6.07 Å². The van der Waals surface area contributed by atoms with Crippen molar-refractivity contribution < 1.29 is 9.13 Å². The fourth-order valence-electron chi connectivity index (χ4n) is 0.692. The van der Waals surface area contributed by atoms with Crippen molar-refractivity contribution in [2.45, 2.75) is 0 Å². The molecule has 0 N–H and O–H groups in total. The molecule has 1 nitrogen and oxygen atoms in total. The Morgan fingerprint density at radius 3 is 2.92 bits per heavy atom. The molecule has 0 heterocycles. The van der Waals surface area contributed by atoms with Crippen LogP contribution in [0.25, 0.3) is 0 Å². The van der Waals surface area contributed by atoms with Gasteiger partial charge in [0.15, 0.2) is 0 Å². The summed E-state index contributed by atoms with van der Waals surface area (Å²) in [5, 5.41) is 0.0723. The topological polar surface area (TPSA) is 9.23 Å². The first-order valence-corrected chi connectivity index (χ1v) is 3.63. The molecule has 0 spiro atoms. The van der Waals surface area contributed by atoms with E-state index in [2.05, 4.69) is 5.92 Å². The summed E-state index contributed by atoms with van der Waals surface area (Å²) in [6, 6.07) is 4.17. The molecule has 1 aromatic rings. The highest BCUT2D eigenvalue weighted by atomic mass is 35.5. The minimum absolute atomic E-state index is 0.0723. The fourth-order valence-corrected chi connectivity index (χ4v) is 0.809. The van der Waals surface area contributed by atoms with Crippen molar-refractivity contribution in [3.8, 4) is 18.1 Å². The summed E-state index contributed by atoms with van der Waals surface area (Å²) in [5.41, 5.74) is 0. The zero-order chi connectivity index (χ0) is 8.97. The lowest BCUT2D eigenvalue weighted by Crippen LogP contribution is -1.93. The molecule has 0 amide bonds. The molecule has 0 aromatic heterocycles. The van der Waals surface area contributed by atoms with Gasteiger partial charge < -0.3 is 4.74 Å². The Morgan fingerprint density at radius 2 is 2.33 bits per heavy atom. The van der Waals surface area contributed by atoms with E-state index in [4.69, 9.17) is 22.8 Å². The Bertz CT molecular complexity index is 317. The number of rotatable bonds is 2. The van der Waals surface area contributed by atoms with Crippen LogP contribution in [0.3, 0.4) is 0 Å². The van der Waals surface area contributed by atoms with Gasteiger partial charge in [0.25, 0.3) is 0 Å². The molecule has 0 unspecified atom stereocenters. The summed E-state index contributed by atoms with van der Waals surface area (Å²) in [7, 11) is 0. The van der Waals surface area contributed by atoms with E-state index in [9.17, 15) is 4.39 Å². The fraction of sp³-hybridized carbons (Fsp3) is 0.111. The second-order valence-electron chi connectivity index (χ2n) is 2.07. The van der Waals surface area contributed by atoms with Crippen LogP contribution in [-0.2, 0) is 0 Å². The Morgan fingerprint density at radius 1 is 1.58 bits per heavy atom. The summed E-state index contributed by atoms with van der Waals surface area (Å²) >= 11 is 5.44. The molecule has 0 saturated heterocycles. The van der Waals surface area contributed by atoms with Crippen molar-refractivity contribution in [3.05, 3.63) is 29.0 Å². The highest BCUT2D eigenvalue weighted by Gasteiger charge is 2.00. The van der Waals surface area contributed by atoms with Gasteiger partial charge in [-0.1, -0.05) is 17.5 Å². The molecular formula is C9H6ClFO. The lowest BCUT2D eigenvalue weighted by molar-refractivity contribution is 0.368. The number of ether oxygens (including phenoxy) is 1. The van der Waals surface area contributed by atoms with Crippen LogP contribution in [0.15, 0.2) is 18.2 Å². The zero-order valence-corrected chi connectivity index (χ0v) is 6.94. The molecule has 0 atom stereocenters. The Labute approximate surface area is 75.1 Å². The van der Waals surface area contributed by atoms with Crippen LogP contribution < -0.4 is 4.74 Å². The highest BCUT2D eigenvalue weighted by molar-refractivity contribution is 6.30. The maximum Gasteiger partial charge on any atom is 0.148 e. The van der Waals surface area contributed by atoms with Gasteiger partial charge in [-0.25, -0.2) is 4.39 Å². The van der Waals surface area contributed by atoms with Gasteiger partial charge in [0, 0.05) is 6.07 Å². The van der Waals surface area contributed by atoms with E-state index < -0.39 is 5.82 Å². The van der Waals surface area contributed by atoms with Crippen LogP contribution in [0, 0.1) is 18.2 Å². The number of halogens is 2. The van der Waals surface area contributed by atoms with Crippen molar-refractivity contribution in [3.63, 3.8) is 0 Å². The summed E-state index contributed by atoms with van der Waals surface area (Å²) in [6.45, 7) is 0.126. The van der Waals surface area contributed by atoms with Crippen molar-refractivity contribution in [1.82, 2.24) is 0 Å². The molecule has 3 heteroatoms. The normalized spacial score (nSPS) is 9.08. The maximum atomic E-state index is 12.7. The summed E-state index contributed by atoms with van der Waals surface area (Å²) in [4.78, 5) is 0. The number of hydrogen-bond donors (Lipinski definition) is 0. The van der Waals surface area contributed by atoms with Gasteiger partial charge in [-0.3, -0.25) is 0 Å². The minimum Gasteiger partial charge on any atom is -0.481 e. The van der Waals surface area contributed by atoms with E-state index >= 15 is 0 Å². The standard InChI is InChI=1S/C9H6ClFO/c1-2-5-12-7-3-4-8(10)9(11)6-7/h1,3-4,6H,5H2. The summed E-state index contributed by atoms with van der Waals surface area (Å²) in [5.74, 6) is 2.15. The lowest BCUT2D eigenvalue weighted by Gasteiger charge is -2.01. The van der Waals surface area contributed by atoms with Gasteiger partial charge in [-0.15, -0.1) is 6.42 Å². The lowest BCUT2D eigenvalue weighted by atomic mass is 10.3. The quantitative estimate of drug-likeness (QED) is 0.642. The third kappa shape index (κ3) is 2.14. The molecule has 1 aromatic carbocycles. The van der Waals surface area contributed by atoms with Crippen LogP contribution in [0.2, 0.25) is 5.02 Å². The third-order valence-corrected chi connectivity index (χ3v) is 1.52. The molecule has 12 heavy (non-hydrogen) atoms. The largest absolute Gasteiger partial charge is 0.481 e. The smallest absolute Gasteiger partial charge is 0.148 e. The van der Waals surface area contributed by atoms with E-state index in [1.165, 1.54) is 12.1 Å². The van der Waals surface area contributed by atoms with Gasteiger partial charge in [0.1, 0.15) is 18.2 Å². The van der Waals surface area contributed by atoms with Crippen molar-refractivity contribution in [2.24, 2.45) is 0 Å². The Hall–Kier alpha value is -1.20. The first-order valence-electron chi connectivity index (χ1n) is 3.25. The number of hydrogen-bond acceptors (Lipinski definition) is 1. The van der Waals surface area contributed by atoms with E-state index in [0.29, 0.717) is 5.75 Å². The van der Waals surface area contributed by atoms with Crippen LogP contribution in [0.4, 0.5) is 4.39 Å². The van der Waals surface area contributed by atoms with Crippen LogP contribution in [-0.4, -0.2) is 6.61 Å². The molecular weight excluding hydrogens is 179 g/mol. The van der Waals surface area contributed by atoms with Gasteiger partial charge in [-0.05, 0) is 12.1 Å². The molecule has 0 aliphatic rings. The van der Waals surface area contributed by atoms with Crippen molar-refractivity contribution in [2.75, 3.05) is 6.61 Å². The van der Waals surface area contributed by atoms with Crippen LogP contribution in [0.5, 0.6) is 5.75 Å². The Balaban J connectivity index is 2.77. The maximum absolute atomic E-state index is 12.7. The molecule has 0 fully saturated rings. The van der Waals surface area contributed by atoms with Gasteiger partial charge in [0.05, 0.1) is 5.02 Å². The van der Waals surface area contributed by atoms with E-state index in [1.807, 2.05) is 0 Å². The first-order chi connectivity index (χ1) is 5.74. The predicted octanol–water partition coefficient (Wildman–Crippen LogP) is 2.49. The molecule has 0 aliphatic heterocycles. The average molecular weight is 185 g/mol. The third-order valence-electron chi connectivity index (χ3n) is 1.21. The summed E-state index contributed by atoms with van der Waals surface area (Å²) in [6.07, 6.45) is 4.95. The molecule has 0 aliphatic carbocycles. The zero-order valence-electron chi connectivity index (χ0n) is 6.18. The van der Waals surface area contributed by atoms with Crippen LogP contribution in [0.1, 0.15) is 0 Å². The molecule has 0 radical (unpaired) electrons. The molecule has 0 saturated carbocycles.